The lowest BCUT2D eigenvalue weighted by molar-refractivity contribution is -0.220. The molecule has 1 aliphatic carbocycles. The Morgan fingerprint density at radius 2 is 0.964 bits per heavy atom. The van der Waals surface area contributed by atoms with Crippen LogP contribution in [0.15, 0.2) is 12.2 Å². The number of carbonyl (C=O) groups excluding carboxylic acids is 1. The summed E-state index contributed by atoms with van der Waals surface area (Å²) >= 11 is 0. The van der Waals surface area contributed by atoms with Crippen molar-refractivity contribution in [2.75, 3.05) is 19.8 Å². The first-order chi connectivity index (χ1) is 26.5. The summed E-state index contributed by atoms with van der Waals surface area (Å²) in [6, 6.07) is 0. The van der Waals surface area contributed by atoms with Crippen LogP contribution in [0.2, 0.25) is 0 Å². The number of rotatable bonds is 37. The van der Waals surface area contributed by atoms with E-state index < -0.39 is 63.1 Å². The Hall–Kier alpha value is -0.920. The van der Waals surface area contributed by atoms with E-state index in [-0.39, 0.29) is 13.0 Å². The van der Waals surface area contributed by atoms with Crippen molar-refractivity contribution in [1.82, 2.24) is 0 Å². The summed E-state index contributed by atoms with van der Waals surface area (Å²) in [5.74, 6) is -0.485. The average molecular weight is 809 g/mol. The zero-order chi connectivity index (χ0) is 40.6. The van der Waals surface area contributed by atoms with Crippen molar-refractivity contribution in [1.29, 1.82) is 0 Å². The van der Waals surface area contributed by atoms with Gasteiger partial charge in [0.15, 0.2) is 0 Å². The number of esters is 1. The second kappa shape index (κ2) is 34.0. The molecule has 6 atom stereocenters. The van der Waals surface area contributed by atoms with E-state index in [2.05, 4.69) is 26.0 Å². The molecule has 0 bridgehead atoms. The maximum Gasteiger partial charge on any atom is 0.472 e. The van der Waals surface area contributed by atoms with Gasteiger partial charge in [-0.2, -0.15) is 0 Å². The molecule has 0 aromatic carbocycles. The van der Waals surface area contributed by atoms with Crippen LogP contribution >= 0.6 is 7.82 Å². The summed E-state index contributed by atoms with van der Waals surface area (Å²) in [5, 5.41) is 50.1. The molecule has 1 saturated carbocycles. The van der Waals surface area contributed by atoms with Crippen LogP contribution in [-0.2, 0) is 27.9 Å². The Bertz CT molecular complexity index is 968. The average Bonchev–Trinajstić information content (AvgIpc) is 3.17. The Balaban J connectivity index is 2.40. The second-order valence-corrected chi connectivity index (χ2v) is 17.0. The molecule has 0 saturated heterocycles. The molecule has 0 spiro atoms. The van der Waals surface area contributed by atoms with Crippen molar-refractivity contribution in [3.05, 3.63) is 12.2 Å². The molecule has 0 aromatic rings. The molecule has 0 radical (unpaired) electrons. The number of aliphatic hydroxyl groups excluding tert-OH is 5. The highest BCUT2D eigenvalue weighted by Gasteiger charge is 2.51. The summed E-state index contributed by atoms with van der Waals surface area (Å²) in [6.07, 6.45) is 22.8. The molecule has 12 nitrogen and oxygen atoms in total. The molecule has 1 fully saturated rings. The van der Waals surface area contributed by atoms with Crippen LogP contribution in [0.4, 0.5) is 0 Å². The molecule has 6 unspecified atom stereocenters. The van der Waals surface area contributed by atoms with Crippen molar-refractivity contribution in [3.8, 4) is 0 Å². The number of unbranched alkanes of at least 4 members (excludes halogenated alkanes) is 23. The summed E-state index contributed by atoms with van der Waals surface area (Å²) in [7, 11) is -5.01. The lowest BCUT2D eigenvalue weighted by Crippen LogP contribution is -2.64. The van der Waals surface area contributed by atoms with Crippen molar-refractivity contribution >= 4 is 13.8 Å². The first kappa shape index (κ1) is 52.1. The fourth-order valence-electron chi connectivity index (χ4n) is 6.82. The van der Waals surface area contributed by atoms with Gasteiger partial charge >= 0.3 is 13.8 Å². The third-order valence-electron chi connectivity index (χ3n) is 10.4. The van der Waals surface area contributed by atoms with Crippen LogP contribution in [0.25, 0.3) is 0 Å². The normalized spacial score (nSPS) is 23.3. The molecule has 1 aliphatic rings. The summed E-state index contributed by atoms with van der Waals surface area (Å²) < 4.78 is 34.1. The number of carbonyl (C=O) groups is 1. The lowest BCUT2D eigenvalue weighted by Gasteiger charge is -2.41. The highest BCUT2D eigenvalue weighted by atomic mass is 31.2. The zero-order valence-corrected chi connectivity index (χ0v) is 35.4. The predicted molar refractivity (Wildman–Crippen MR) is 217 cm³/mol. The number of aliphatic hydroxyl groups is 5. The number of hydrogen-bond donors (Lipinski definition) is 6. The van der Waals surface area contributed by atoms with Crippen molar-refractivity contribution in [2.24, 2.45) is 0 Å². The van der Waals surface area contributed by atoms with E-state index in [4.69, 9.17) is 18.5 Å². The Morgan fingerprint density at radius 3 is 1.47 bits per heavy atom. The highest BCUT2D eigenvalue weighted by molar-refractivity contribution is 7.47. The fourth-order valence-corrected chi connectivity index (χ4v) is 7.79. The van der Waals surface area contributed by atoms with Gasteiger partial charge in [-0.1, -0.05) is 154 Å². The van der Waals surface area contributed by atoms with Crippen LogP contribution < -0.4 is 0 Å². The van der Waals surface area contributed by atoms with Gasteiger partial charge in [0.05, 0.1) is 13.2 Å². The fraction of sp³-hybridized carbons (Fsp3) is 0.929. The Morgan fingerprint density at radius 1 is 0.564 bits per heavy atom. The van der Waals surface area contributed by atoms with Crippen LogP contribution in [0, 0.1) is 0 Å². The number of ether oxygens (including phenoxy) is 2. The van der Waals surface area contributed by atoms with Crippen molar-refractivity contribution in [2.45, 2.75) is 230 Å². The smallest absolute Gasteiger partial charge is 0.457 e. The van der Waals surface area contributed by atoms with Crippen LogP contribution in [0.3, 0.4) is 0 Å². The van der Waals surface area contributed by atoms with Gasteiger partial charge in [-0.25, -0.2) is 4.57 Å². The summed E-state index contributed by atoms with van der Waals surface area (Å²) in [5.41, 5.74) is 0. The highest BCUT2D eigenvalue weighted by Crippen LogP contribution is 2.47. The minimum Gasteiger partial charge on any atom is -0.457 e. The molecular formula is C42H81O12P. The largest absolute Gasteiger partial charge is 0.472 e. The van der Waals surface area contributed by atoms with E-state index in [1.54, 1.807) is 0 Å². The third kappa shape index (κ3) is 26.7. The quantitative estimate of drug-likeness (QED) is 0.0152. The van der Waals surface area contributed by atoms with E-state index in [0.717, 1.165) is 57.8 Å². The monoisotopic (exact) mass is 809 g/mol. The van der Waals surface area contributed by atoms with E-state index >= 15 is 0 Å². The molecule has 0 heterocycles. The first-order valence-corrected chi connectivity index (χ1v) is 23.5. The minimum atomic E-state index is -5.01. The molecule has 13 heteroatoms. The summed E-state index contributed by atoms with van der Waals surface area (Å²) in [4.78, 5) is 23.1. The molecule has 326 valence electrons. The number of allylic oxidation sites excluding steroid dienone is 2. The molecule has 1 rings (SSSR count). The molecular weight excluding hydrogens is 727 g/mol. The van der Waals surface area contributed by atoms with Gasteiger partial charge in [-0.05, 0) is 38.5 Å². The van der Waals surface area contributed by atoms with Gasteiger partial charge in [0.25, 0.3) is 0 Å². The maximum atomic E-state index is 12.8. The molecule has 0 aromatic heterocycles. The van der Waals surface area contributed by atoms with E-state index in [9.17, 15) is 39.8 Å². The molecule has 55 heavy (non-hydrogen) atoms. The lowest BCUT2D eigenvalue weighted by atomic mass is 9.85. The van der Waals surface area contributed by atoms with Gasteiger partial charge in [0.2, 0.25) is 0 Å². The van der Waals surface area contributed by atoms with Gasteiger partial charge in [-0.3, -0.25) is 13.8 Å². The number of phosphoric acid groups is 1. The van der Waals surface area contributed by atoms with E-state index in [1.165, 1.54) is 103 Å². The van der Waals surface area contributed by atoms with Crippen molar-refractivity contribution < 1.29 is 58.3 Å². The van der Waals surface area contributed by atoms with Gasteiger partial charge in [0, 0.05) is 13.0 Å². The van der Waals surface area contributed by atoms with Crippen LogP contribution in [-0.4, -0.2) is 98.9 Å². The van der Waals surface area contributed by atoms with Gasteiger partial charge < -0.3 is 39.9 Å². The first-order valence-electron chi connectivity index (χ1n) is 22.0. The number of phosphoric ester groups is 1. The SMILES string of the molecule is CCCCC/C=C\CCCCCCCC(=O)OC(COCCCCCCCCCCCCCCCCCC)COP(=O)(O)OC1C(O)C(O)C(O)C(O)C1O. The van der Waals surface area contributed by atoms with Crippen LogP contribution in [0.1, 0.15) is 187 Å². The van der Waals surface area contributed by atoms with Crippen molar-refractivity contribution in [3.63, 3.8) is 0 Å². The Labute approximate surface area is 333 Å². The van der Waals surface area contributed by atoms with Gasteiger partial charge in [0.1, 0.15) is 42.7 Å². The molecule has 0 aliphatic heterocycles. The minimum absolute atomic E-state index is 0.0747. The predicted octanol–water partition coefficient (Wildman–Crippen LogP) is 8.36. The Kier molecular flexibility index (Phi) is 32.2. The zero-order valence-electron chi connectivity index (χ0n) is 34.5. The van der Waals surface area contributed by atoms with E-state index in [1.807, 2.05) is 0 Å². The summed E-state index contributed by atoms with van der Waals surface area (Å²) in [6.45, 7) is 4.23. The standard InChI is InChI=1S/C42H81O12P/c1-3-5-7-9-11-13-15-17-18-19-20-22-24-26-28-30-32-51-33-35(53-36(43)31-29-27-25-23-21-16-14-12-10-8-6-4-2)34-52-55(49,50)54-42-40(47)38(45)37(44)39(46)41(42)48/h12,14,35,37-42,44-48H,3-11,13,15-34H2,1-2H3,(H,49,50)/b14-12-. The maximum absolute atomic E-state index is 12.8. The number of hydrogen-bond acceptors (Lipinski definition) is 11. The molecule has 6 N–H and O–H groups in total. The third-order valence-corrected chi connectivity index (χ3v) is 11.4. The van der Waals surface area contributed by atoms with Crippen LogP contribution in [0.5, 0.6) is 0 Å². The second-order valence-electron chi connectivity index (χ2n) is 15.6. The van der Waals surface area contributed by atoms with E-state index in [0.29, 0.717) is 13.0 Å². The molecule has 0 amide bonds. The van der Waals surface area contributed by atoms with Gasteiger partial charge in [-0.15, -0.1) is 0 Å². The topological polar surface area (TPSA) is 192 Å².